The van der Waals surface area contributed by atoms with Gasteiger partial charge < -0.3 is 10.8 Å². The monoisotopic (exact) mass is 265 g/mol. The third-order valence-electron chi connectivity index (χ3n) is 3.41. The first-order chi connectivity index (χ1) is 9.17. The Morgan fingerprint density at radius 2 is 1.63 bits per heavy atom. The zero-order chi connectivity index (χ0) is 14.1. The number of nitrogens with zero attached hydrogens (tertiary/aromatic N) is 2. The van der Waals surface area contributed by atoms with Gasteiger partial charge in [-0.2, -0.15) is 0 Å². The Kier molecular flexibility index (Phi) is 7.67. The summed E-state index contributed by atoms with van der Waals surface area (Å²) < 4.78 is 0. The fourth-order valence-electron chi connectivity index (χ4n) is 2.11. The van der Waals surface area contributed by atoms with Crippen LogP contribution in [-0.2, 0) is 0 Å². The van der Waals surface area contributed by atoms with Crippen molar-refractivity contribution in [1.82, 2.24) is 9.80 Å². The number of aliphatic hydroxyl groups is 1. The normalized spacial score (nSPS) is 21.6. The highest BCUT2D eigenvalue weighted by atomic mass is 16.3. The molecule has 1 fully saturated rings. The van der Waals surface area contributed by atoms with Gasteiger partial charge in [-0.25, -0.2) is 0 Å². The van der Waals surface area contributed by atoms with Crippen LogP contribution < -0.4 is 5.73 Å². The van der Waals surface area contributed by atoms with Crippen molar-refractivity contribution >= 4 is 0 Å². The molecule has 0 aliphatic carbocycles. The lowest BCUT2D eigenvalue weighted by atomic mass is 10.2. The van der Waals surface area contributed by atoms with E-state index < -0.39 is 6.23 Å². The third kappa shape index (κ3) is 6.16. The molecular weight excluding hydrogens is 238 g/mol. The molecule has 0 aromatic heterocycles. The zero-order valence-electron chi connectivity index (χ0n) is 12.1. The van der Waals surface area contributed by atoms with Gasteiger partial charge in [-0.15, -0.1) is 0 Å². The third-order valence-corrected chi connectivity index (χ3v) is 3.41. The number of nitrogens with two attached hydrogens (primary N) is 1. The van der Waals surface area contributed by atoms with Gasteiger partial charge in [0.1, 0.15) is 6.23 Å². The second kappa shape index (κ2) is 9.04. The Balaban J connectivity index is 2.28. The molecule has 0 saturated carbocycles. The first-order valence-corrected chi connectivity index (χ1v) is 6.99. The molecule has 0 radical (unpaired) electrons. The Labute approximate surface area is 116 Å². The molecule has 1 rings (SSSR count). The molecule has 19 heavy (non-hydrogen) atoms. The molecule has 1 aliphatic heterocycles. The Morgan fingerprint density at radius 3 is 2.05 bits per heavy atom. The van der Waals surface area contributed by atoms with Crippen LogP contribution in [0.25, 0.3) is 0 Å². The molecule has 108 valence electrons. The van der Waals surface area contributed by atoms with Crippen LogP contribution >= 0.6 is 0 Å². The summed E-state index contributed by atoms with van der Waals surface area (Å²) in [5.74, 6) is 0. The van der Waals surface area contributed by atoms with E-state index in [1.54, 1.807) is 0 Å². The van der Waals surface area contributed by atoms with Crippen molar-refractivity contribution in [2.24, 2.45) is 5.73 Å². The molecule has 0 aromatic carbocycles. The van der Waals surface area contributed by atoms with Crippen molar-refractivity contribution in [3.63, 3.8) is 0 Å². The van der Waals surface area contributed by atoms with E-state index in [1.807, 2.05) is 19.1 Å². The molecule has 4 heteroatoms. The first kappa shape index (κ1) is 16.1. The summed E-state index contributed by atoms with van der Waals surface area (Å²) in [4.78, 5) is 4.88. The molecule has 4 nitrogen and oxygen atoms in total. The largest absolute Gasteiger partial charge is 0.375 e. The molecule has 1 heterocycles. The summed E-state index contributed by atoms with van der Waals surface area (Å²) in [6, 6.07) is 0. The first-order valence-electron chi connectivity index (χ1n) is 6.99. The molecule has 1 unspecified atom stereocenters. The Hall–Kier alpha value is -0.940. The lowest BCUT2D eigenvalue weighted by Gasteiger charge is -2.33. The van der Waals surface area contributed by atoms with Crippen LogP contribution in [0.4, 0.5) is 0 Å². The van der Waals surface area contributed by atoms with Gasteiger partial charge in [-0.1, -0.05) is 30.4 Å². The van der Waals surface area contributed by atoms with E-state index in [9.17, 15) is 5.11 Å². The quantitative estimate of drug-likeness (QED) is 0.427. The SMILES string of the molecule is C/C=C/CN1CCN(C/C=C\C(=C/C)C(N)O)CC1. The van der Waals surface area contributed by atoms with Gasteiger partial charge in [-0.3, -0.25) is 9.80 Å². The van der Waals surface area contributed by atoms with E-state index in [0.717, 1.165) is 44.8 Å². The van der Waals surface area contributed by atoms with Gasteiger partial charge in [0.15, 0.2) is 0 Å². The second-order valence-corrected chi connectivity index (χ2v) is 4.81. The summed E-state index contributed by atoms with van der Waals surface area (Å²) in [6.45, 7) is 10.4. The van der Waals surface area contributed by atoms with E-state index >= 15 is 0 Å². The minimum Gasteiger partial charge on any atom is -0.375 e. The molecule has 1 saturated heterocycles. The number of piperazine rings is 1. The maximum Gasteiger partial charge on any atom is 0.128 e. The zero-order valence-corrected chi connectivity index (χ0v) is 12.1. The lowest BCUT2D eigenvalue weighted by Crippen LogP contribution is -2.46. The fourth-order valence-corrected chi connectivity index (χ4v) is 2.11. The van der Waals surface area contributed by atoms with Crippen LogP contribution in [-0.4, -0.2) is 60.4 Å². The minimum atomic E-state index is -0.876. The average molecular weight is 265 g/mol. The second-order valence-electron chi connectivity index (χ2n) is 4.81. The topological polar surface area (TPSA) is 52.7 Å². The van der Waals surface area contributed by atoms with Crippen molar-refractivity contribution in [1.29, 1.82) is 0 Å². The van der Waals surface area contributed by atoms with Gasteiger partial charge >= 0.3 is 0 Å². The van der Waals surface area contributed by atoms with Crippen molar-refractivity contribution in [2.45, 2.75) is 20.1 Å². The molecule has 0 bridgehead atoms. The van der Waals surface area contributed by atoms with Crippen LogP contribution in [0.3, 0.4) is 0 Å². The molecule has 0 amide bonds. The number of hydrogen-bond acceptors (Lipinski definition) is 4. The van der Waals surface area contributed by atoms with Crippen LogP contribution in [0.1, 0.15) is 13.8 Å². The predicted molar refractivity (Wildman–Crippen MR) is 80.8 cm³/mol. The van der Waals surface area contributed by atoms with Crippen molar-refractivity contribution in [3.8, 4) is 0 Å². The van der Waals surface area contributed by atoms with E-state index in [1.165, 1.54) is 0 Å². The number of rotatable bonds is 6. The molecule has 3 N–H and O–H groups in total. The van der Waals surface area contributed by atoms with E-state index in [0.29, 0.717) is 0 Å². The van der Waals surface area contributed by atoms with Crippen molar-refractivity contribution < 1.29 is 5.11 Å². The van der Waals surface area contributed by atoms with Gasteiger partial charge in [0.05, 0.1) is 0 Å². The van der Waals surface area contributed by atoms with Gasteiger partial charge in [0, 0.05) is 39.3 Å². The predicted octanol–water partition coefficient (Wildman–Crippen LogP) is 0.960. The fraction of sp³-hybridized carbons (Fsp3) is 0.600. The van der Waals surface area contributed by atoms with E-state index in [4.69, 9.17) is 5.73 Å². The summed E-state index contributed by atoms with van der Waals surface area (Å²) >= 11 is 0. The van der Waals surface area contributed by atoms with Crippen LogP contribution in [0.15, 0.2) is 36.0 Å². The van der Waals surface area contributed by atoms with E-state index in [-0.39, 0.29) is 0 Å². The van der Waals surface area contributed by atoms with Crippen molar-refractivity contribution in [2.75, 3.05) is 39.3 Å². The Bertz CT molecular complexity index is 326. The van der Waals surface area contributed by atoms with Gasteiger partial charge in [0.25, 0.3) is 0 Å². The van der Waals surface area contributed by atoms with Crippen LogP contribution in [0.2, 0.25) is 0 Å². The molecule has 1 atom stereocenters. The smallest absolute Gasteiger partial charge is 0.128 e. The highest BCUT2D eigenvalue weighted by Gasteiger charge is 2.14. The molecular formula is C15H27N3O. The summed E-state index contributed by atoms with van der Waals surface area (Å²) in [5, 5.41) is 9.30. The van der Waals surface area contributed by atoms with Crippen LogP contribution in [0, 0.1) is 0 Å². The Morgan fingerprint density at radius 1 is 1.11 bits per heavy atom. The highest BCUT2D eigenvalue weighted by Crippen LogP contribution is 2.04. The highest BCUT2D eigenvalue weighted by molar-refractivity contribution is 5.21. The average Bonchev–Trinajstić information content (AvgIpc) is 2.42. The maximum atomic E-state index is 9.30. The molecule has 1 aliphatic rings. The maximum absolute atomic E-state index is 9.30. The van der Waals surface area contributed by atoms with E-state index in [2.05, 4.69) is 35.0 Å². The van der Waals surface area contributed by atoms with Gasteiger partial charge in [-0.05, 0) is 19.4 Å². The molecule has 0 spiro atoms. The number of allylic oxidation sites excluding steroid dienone is 2. The lowest BCUT2D eigenvalue weighted by molar-refractivity contribution is 0.153. The van der Waals surface area contributed by atoms with Crippen molar-refractivity contribution in [3.05, 3.63) is 36.0 Å². The minimum absolute atomic E-state index is 0.770. The van der Waals surface area contributed by atoms with Gasteiger partial charge in [0.2, 0.25) is 0 Å². The standard InChI is InChI=1S/C15H27N3O/c1-3-5-8-17-10-12-18(13-11-17)9-6-7-14(4-2)15(16)19/h3-7,15,19H,8-13,16H2,1-2H3/b5-3+,7-6-,14-4+. The molecule has 0 aromatic rings. The number of hydrogen-bond donors (Lipinski definition) is 2. The number of aliphatic hydroxyl groups excluding tert-OH is 1. The summed E-state index contributed by atoms with van der Waals surface area (Å²) in [5.41, 5.74) is 6.21. The van der Waals surface area contributed by atoms with Crippen LogP contribution in [0.5, 0.6) is 0 Å². The summed E-state index contributed by atoms with van der Waals surface area (Å²) in [7, 11) is 0. The summed E-state index contributed by atoms with van der Waals surface area (Å²) in [6.07, 6.45) is 9.27.